The lowest BCUT2D eigenvalue weighted by Crippen LogP contribution is -2.09. The first-order valence-corrected chi connectivity index (χ1v) is 5.05. The van der Waals surface area contributed by atoms with Crippen LogP contribution in [-0.2, 0) is 0 Å². The zero-order valence-corrected chi connectivity index (χ0v) is 9.48. The summed E-state index contributed by atoms with van der Waals surface area (Å²) in [5, 5.41) is 8.81. The van der Waals surface area contributed by atoms with Crippen LogP contribution in [0.5, 0.6) is 0 Å². The van der Waals surface area contributed by atoms with Crippen LogP contribution in [0.3, 0.4) is 0 Å². The molecule has 5 nitrogen and oxygen atoms in total. The highest BCUT2D eigenvalue weighted by Gasteiger charge is 2.07. The number of H-pyrrole nitrogens is 1. The molecule has 2 aromatic heterocycles. The maximum atomic E-state index is 11.3. The second-order valence-electron chi connectivity index (χ2n) is 3.69. The van der Waals surface area contributed by atoms with Gasteiger partial charge in [-0.3, -0.25) is 4.79 Å². The molecule has 0 aliphatic rings. The molecule has 1 N–H and O–H groups in total. The van der Waals surface area contributed by atoms with Crippen molar-refractivity contribution >= 4 is 0 Å². The highest BCUT2D eigenvalue weighted by atomic mass is 16.1. The van der Waals surface area contributed by atoms with Crippen LogP contribution in [0.2, 0.25) is 0 Å². The number of pyridine rings is 1. The zero-order valence-electron chi connectivity index (χ0n) is 9.48. The molecule has 0 bridgehead atoms. The van der Waals surface area contributed by atoms with Crippen LogP contribution in [0.4, 0.5) is 0 Å². The second-order valence-corrected chi connectivity index (χ2v) is 3.69. The van der Waals surface area contributed by atoms with E-state index in [9.17, 15) is 4.79 Å². The van der Waals surface area contributed by atoms with E-state index in [4.69, 9.17) is 5.26 Å². The second kappa shape index (κ2) is 4.18. The molecule has 0 unspecified atom stereocenters. The molecule has 84 valence electrons. The van der Waals surface area contributed by atoms with E-state index in [-0.39, 0.29) is 11.1 Å². The van der Waals surface area contributed by atoms with E-state index in [0.717, 1.165) is 11.3 Å². The van der Waals surface area contributed by atoms with Gasteiger partial charge in [0.2, 0.25) is 0 Å². The van der Waals surface area contributed by atoms with E-state index in [1.54, 1.807) is 19.3 Å². The minimum Gasteiger partial charge on any atom is -0.327 e. The first kappa shape index (κ1) is 11.0. The highest BCUT2D eigenvalue weighted by molar-refractivity contribution is 5.62. The molecule has 0 spiro atoms. The summed E-state index contributed by atoms with van der Waals surface area (Å²) in [6.45, 7) is 3.67. The molecule has 0 radical (unpaired) electrons. The van der Waals surface area contributed by atoms with Crippen molar-refractivity contribution in [2.45, 2.75) is 13.8 Å². The average molecular weight is 226 g/mol. The fourth-order valence-corrected chi connectivity index (χ4v) is 1.53. The molecule has 17 heavy (non-hydrogen) atoms. The molecule has 0 aromatic carbocycles. The van der Waals surface area contributed by atoms with E-state index in [2.05, 4.69) is 15.0 Å². The molecule has 2 aromatic rings. The third-order valence-corrected chi connectivity index (χ3v) is 2.39. The van der Waals surface area contributed by atoms with Gasteiger partial charge in [-0.15, -0.1) is 0 Å². The van der Waals surface area contributed by atoms with Crippen molar-refractivity contribution in [2.24, 2.45) is 0 Å². The minimum absolute atomic E-state index is 0.0816. The summed E-state index contributed by atoms with van der Waals surface area (Å²) < 4.78 is 0. The predicted molar refractivity (Wildman–Crippen MR) is 62.3 cm³/mol. The van der Waals surface area contributed by atoms with E-state index >= 15 is 0 Å². The van der Waals surface area contributed by atoms with Crippen LogP contribution in [0.1, 0.15) is 17.0 Å². The Bertz CT molecular complexity index is 667. The SMILES string of the molecule is Cc1ncc(C)c(-c2c[nH]c(=O)c(C#N)c2)n1. The fraction of sp³-hybridized carbons (Fsp3) is 0.167. The van der Waals surface area contributed by atoms with Crippen LogP contribution in [-0.4, -0.2) is 15.0 Å². The van der Waals surface area contributed by atoms with Gasteiger partial charge in [0.15, 0.2) is 0 Å². The molecular weight excluding hydrogens is 216 g/mol. The smallest absolute Gasteiger partial charge is 0.265 e. The Morgan fingerprint density at radius 2 is 2.18 bits per heavy atom. The highest BCUT2D eigenvalue weighted by Crippen LogP contribution is 2.19. The van der Waals surface area contributed by atoms with Crippen molar-refractivity contribution in [1.82, 2.24) is 15.0 Å². The van der Waals surface area contributed by atoms with E-state index < -0.39 is 0 Å². The van der Waals surface area contributed by atoms with Crippen LogP contribution in [0.25, 0.3) is 11.3 Å². The number of nitriles is 1. The van der Waals surface area contributed by atoms with Crippen LogP contribution in [0, 0.1) is 25.2 Å². The van der Waals surface area contributed by atoms with Gasteiger partial charge in [0.25, 0.3) is 5.56 Å². The van der Waals surface area contributed by atoms with Crippen molar-refractivity contribution in [3.8, 4) is 17.3 Å². The maximum absolute atomic E-state index is 11.3. The standard InChI is InChI=1S/C12H10N4O/c1-7-5-14-8(2)16-11(7)10-3-9(4-13)12(17)15-6-10/h3,5-6H,1-2H3,(H,15,17). The molecule has 0 aliphatic heterocycles. The Hall–Kier alpha value is -2.48. The van der Waals surface area contributed by atoms with Gasteiger partial charge in [0.1, 0.15) is 17.5 Å². The average Bonchev–Trinajstić information content (AvgIpc) is 2.33. The van der Waals surface area contributed by atoms with E-state index in [1.807, 2.05) is 13.0 Å². The molecular formula is C12H10N4O. The third kappa shape index (κ3) is 2.06. The van der Waals surface area contributed by atoms with E-state index in [1.165, 1.54) is 6.07 Å². The van der Waals surface area contributed by atoms with Gasteiger partial charge >= 0.3 is 0 Å². The quantitative estimate of drug-likeness (QED) is 0.794. The summed E-state index contributed by atoms with van der Waals surface area (Å²) in [6, 6.07) is 3.39. The topological polar surface area (TPSA) is 82.4 Å². The van der Waals surface area contributed by atoms with Gasteiger partial charge < -0.3 is 4.98 Å². The number of rotatable bonds is 1. The largest absolute Gasteiger partial charge is 0.327 e. The summed E-state index contributed by atoms with van der Waals surface area (Å²) in [5.41, 5.74) is 2.03. The van der Waals surface area contributed by atoms with Gasteiger partial charge in [-0.05, 0) is 25.5 Å². The zero-order chi connectivity index (χ0) is 12.4. The Labute approximate surface area is 97.8 Å². The lowest BCUT2D eigenvalue weighted by Gasteiger charge is -2.05. The van der Waals surface area contributed by atoms with Crippen molar-refractivity contribution in [2.75, 3.05) is 0 Å². The lowest BCUT2D eigenvalue weighted by atomic mass is 10.1. The van der Waals surface area contributed by atoms with Crippen LogP contribution < -0.4 is 5.56 Å². The third-order valence-electron chi connectivity index (χ3n) is 2.39. The van der Waals surface area contributed by atoms with Gasteiger partial charge in [-0.1, -0.05) is 0 Å². The summed E-state index contributed by atoms with van der Waals surface area (Å²) in [7, 11) is 0. The first-order chi connectivity index (χ1) is 8.11. The summed E-state index contributed by atoms with van der Waals surface area (Å²) in [5.74, 6) is 0.648. The molecule has 0 fully saturated rings. The molecule has 0 atom stereocenters. The van der Waals surface area contributed by atoms with Gasteiger partial charge in [-0.2, -0.15) is 5.26 Å². The maximum Gasteiger partial charge on any atom is 0.265 e. The Morgan fingerprint density at radius 3 is 2.88 bits per heavy atom. The van der Waals surface area contributed by atoms with Crippen LogP contribution >= 0.6 is 0 Å². The van der Waals surface area contributed by atoms with E-state index in [0.29, 0.717) is 11.4 Å². The number of hydrogen-bond donors (Lipinski definition) is 1. The number of hydrogen-bond acceptors (Lipinski definition) is 4. The minimum atomic E-state index is -0.389. The summed E-state index contributed by atoms with van der Waals surface area (Å²) in [4.78, 5) is 22.2. The number of nitrogens with one attached hydrogen (secondary N) is 1. The van der Waals surface area contributed by atoms with Crippen molar-refractivity contribution in [3.63, 3.8) is 0 Å². The Balaban J connectivity index is 2.65. The van der Waals surface area contributed by atoms with Crippen molar-refractivity contribution in [3.05, 3.63) is 45.8 Å². The number of aromatic amines is 1. The number of nitrogens with zero attached hydrogens (tertiary/aromatic N) is 3. The summed E-state index contributed by atoms with van der Waals surface area (Å²) in [6.07, 6.45) is 3.27. The molecule has 0 aliphatic carbocycles. The van der Waals surface area contributed by atoms with Crippen molar-refractivity contribution in [1.29, 1.82) is 5.26 Å². The number of aryl methyl sites for hydroxylation is 2. The van der Waals surface area contributed by atoms with Gasteiger partial charge in [0.05, 0.1) is 5.69 Å². The Kier molecular flexibility index (Phi) is 2.71. The molecule has 0 saturated heterocycles. The Morgan fingerprint density at radius 1 is 1.41 bits per heavy atom. The fourth-order valence-electron chi connectivity index (χ4n) is 1.53. The lowest BCUT2D eigenvalue weighted by molar-refractivity contribution is 1.03. The molecule has 0 amide bonds. The van der Waals surface area contributed by atoms with Gasteiger partial charge in [-0.25, -0.2) is 9.97 Å². The predicted octanol–water partition coefficient (Wildman–Crippen LogP) is 1.32. The number of aromatic nitrogens is 3. The normalized spacial score (nSPS) is 9.94. The molecule has 0 saturated carbocycles. The molecule has 2 rings (SSSR count). The van der Waals surface area contributed by atoms with Gasteiger partial charge in [0, 0.05) is 18.0 Å². The molecule has 2 heterocycles. The first-order valence-electron chi connectivity index (χ1n) is 5.05. The van der Waals surface area contributed by atoms with Crippen LogP contribution in [0.15, 0.2) is 23.3 Å². The molecule has 5 heteroatoms. The van der Waals surface area contributed by atoms with Crippen molar-refractivity contribution < 1.29 is 0 Å². The summed E-state index contributed by atoms with van der Waals surface area (Å²) >= 11 is 0. The monoisotopic (exact) mass is 226 g/mol.